The minimum absolute atomic E-state index is 0.0625. The Bertz CT molecular complexity index is 364. The summed E-state index contributed by atoms with van der Waals surface area (Å²) in [6.07, 6.45) is 0.998. The van der Waals surface area contributed by atoms with Gasteiger partial charge >= 0.3 is 0 Å². The molecule has 0 bridgehead atoms. The maximum atomic E-state index is 9.07. The Morgan fingerprint density at radius 2 is 2.27 bits per heavy atom. The van der Waals surface area contributed by atoms with Crippen LogP contribution < -0.4 is 0 Å². The molecule has 0 aromatic carbocycles. The standard InChI is InChI=1S/C10H15N3OS/c1-3-5-7-15-10-12-11-9(8-14)13(10)6-4-2/h14H,4,6-8H2,1-2H3. The van der Waals surface area contributed by atoms with Crippen molar-refractivity contribution in [3.8, 4) is 11.8 Å². The average molecular weight is 225 g/mol. The molecule has 5 heteroatoms. The Morgan fingerprint density at radius 3 is 2.87 bits per heavy atom. The van der Waals surface area contributed by atoms with E-state index in [2.05, 4.69) is 29.0 Å². The van der Waals surface area contributed by atoms with Crippen LogP contribution in [0.3, 0.4) is 0 Å². The van der Waals surface area contributed by atoms with Crippen LogP contribution in [0.4, 0.5) is 0 Å². The summed E-state index contributed by atoms with van der Waals surface area (Å²) in [4.78, 5) is 0. The minimum atomic E-state index is -0.0625. The molecule has 0 fully saturated rings. The summed E-state index contributed by atoms with van der Waals surface area (Å²) < 4.78 is 1.95. The molecule has 0 aliphatic heterocycles. The Kier molecular flexibility index (Phi) is 5.22. The Morgan fingerprint density at radius 1 is 1.47 bits per heavy atom. The molecule has 1 aromatic rings. The lowest BCUT2D eigenvalue weighted by Gasteiger charge is -2.05. The molecule has 0 unspecified atom stereocenters. The van der Waals surface area contributed by atoms with Gasteiger partial charge in [-0.25, -0.2) is 0 Å². The van der Waals surface area contributed by atoms with Crippen LogP contribution in [0, 0.1) is 11.8 Å². The van der Waals surface area contributed by atoms with E-state index in [4.69, 9.17) is 5.11 Å². The molecule has 15 heavy (non-hydrogen) atoms. The van der Waals surface area contributed by atoms with E-state index in [9.17, 15) is 0 Å². The van der Waals surface area contributed by atoms with Gasteiger partial charge in [-0.3, -0.25) is 0 Å². The van der Waals surface area contributed by atoms with Crippen LogP contribution in [0.25, 0.3) is 0 Å². The number of thioether (sulfide) groups is 1. The fourth-order valence-electron chi connectivity index (χ4n) is 1.16. The van der Waals surface area contributed by atoms with Crippen LogP contribution in [-0.2, 0) is 13.2 Å². The van der Waals surface area contributed by atoms with E-state index in [1.165, 1.54) is 0 Å². The van der Waals surface area contributed by atoms with Gasteiger partial charge in [-0.05, 0) is 13.3 Å². The summed E-state index contributed by atoms with van der Waals surface area (Å²) in [7, 11) is 0. The van der Waals surface area contributed by atoms with Gasteiger partial charge in [0.2, 0.25) is 0 Å². The summed E-state index contributed by atoms with van der Waals surface area (Å²) in [5, 5.41) is 17.9. The number of aromatic nitrogens is 3. The number of rotatable bonds is 5. The van der Waals surface area contributed by atoms with Crippen molar-refractivity contribution in [3.63, 3.8) is 0 Å². The van der Waals surface area contributed by atoms with E-state index in [-0.39, 0.29) is 6.61 Å². The molecule has 0 radical (unpaired) electrons. The predicted molar refractivity (Wildman–Crippen MR) is 60.4 cm³/mol. The lowest BCUT2D eigenvalue weighted by molar-refractivity contribution is 0.263. The predicted octanol–water partition coefficient (Wildman–Crippen LogP) is 1.30. The van der Waals surface area contributed by atoms with E-state index in [0.29, 0.717) is 11.6 Å². The summed E-state index contributed by atoms with van der Waals surface area (Å²) >= 11 is 1.55. The Hall–Kier alpha value is -0.990. The molecule has 4 nitrogen and oxygen atoms in total. The summed E-state index contributed by atoms with van der Waals surface area (Å²) in [5.41, 5.74) is 0. The first kappa shape index (κ1) is 12.1. The molecular formula is C10H15N3OS. The van der Waals surface area contributed by atoms with Crippen molar-refractivity contribution in [2.45, 2.75) is 38.6 Å². The molecule has 0 aliphatic carbocycles. The zero-order valence-corrected chi connectivity index (χ0v) is 9.84. The molecule has 1 N–H and O–H groups in total. The van der Waals surface area contributed by atoms with Gasteiger partial charge < -0.3 is 9.67 Å². The lowest BCUT2D eigenvalue weighted by atomic mass is 10.4. The summed E-state index contributed by atoms with van der Waals surface area (Å²) in [5.74, 6) is 7.14. The second kappa shape index (κ2) is 6.49. The van der Waals surface area contributed by atoms with Crippen LogP contribution in [-0.4, -0.2) is 25.6 Å². The van der Waals surface area contributed by atoms with Gasteiger partial charge in [-0.15, -0.1) is 16.1 Å². The highest BCUT2D eigenvalue weighted by Gasteiger charge is 2.09. The van der Waals surface area contributed by atoms with Crippen LogP contribution in [0.1, 0.15) is 26.1 Å². The Balaban J connectivity index is 2.75. The largest absolute Gasteiger partial charge is 0.388 e. The molecule has 0 aliphatic rings. The van der Waals surface area contributed by atoms with Crippen molar-refractivity contribution >= 4 is 11.8 Å². The van der Waals surface area contributed by atoms with Crippen LogP contribution in [0.5, 0.6) is 0 Å². The first-order chi connectivity index (χ1) is 7.33. The van der Waals surface area contributed by atoms with Crippen molar-refractivity contribution in [3.05, 3.63) is 5.82 Å². The van der Waals surface area contributed by atoms with E-state index in [1.54, 1.807) is 11.8 Å². The monoisotopic (exact) mass is 225 g/mol. The molecule has 1 aromatic heterocycles. The van der Waals surface area contributed by atoms with Crippen LogP contribution in [0.2, 0.25) is 0 Å². The maximum Gasteiger partial charge on any atom is 0.192 e. The molecule has 0 saturated carbocycles. The van der Waals surface area contributed by atoms with Gasteiger partial charge in [0.1, 0.15) is 6.61 Å². The number of hydrogen-bond donors (Lipinski definition) is 1. The van der Waals surface area contributed by atoms with Crippen molar-refractivity contribution in [1.82, 2.24) is 14.8 Å². The smallest absolute Gasteiger partial charge is 0.192 e. The van der Waals surface area contributed by atoms with E-state index in [1.807, 2.05) is 11.5 Å². The van der Waals surface area contributed by atoms with Gasteiger partial charge in [-0.2, -0.15) is 0 Å². The topological polar surface area (TPSA) is 50.9 Å². The average Bonchev–Trinajstić information content (AvgIpc) is 2.62. The quantitative estimate of drug-likeness (QED) is 0.606. The van der Waals surface area contributed by atoms with Crippen LogP contribution in [0.15, 0.2) is 5.16 Å². The SMILES string of the molecule is CC#CCSc1nnc(CO)n1CCC. The van der Waals surface area contributed by atoms with Gasteiger partial charge in [0.15, 0.2) is 11.0 Å². The third-order valence-corrected chi connectivity index (χ3v) is 2.68. The number of hydrogen-bond acceptors (Lipinski definition) is 4. The fourth-order valence-corrected chi connectivity index (χ4v) is 1.96. The molecule has 82 valence electrons. The zero-order chi connectivity index (χ0) is 11.1. The van der Waals surface area contributed by atoms with Crippen LogP contribution >= 0.6 is 11.8 Å². The second-order valence-corrected chi connectivity index (χ2v) is 3.87. The van der Waals surface area contributed by atoms with Crippen molar-refractivity contribution in [1.29, 1.82) is 0 Å². The molecule has 1 rings (SSSR count). The van der Waals surface area contributed by atoms with E-state index >= 15 is 0 Å². The second-order valence-electron chi connectivity index (χ2n) is 2.92. The number of aliphatic hydroxyl groups is 1. The highest BCUT2D eigenvalue weighted by molar-refractivity contribution is 7.99. The zero-order valence-electron chi connectivity index (χ0n) is 9.03. The maximum absolute atomic E-state index is 9.07. The first-order valence-electron chi connectivity index (χ1n) is 4.88. The molecule has 0 atom stereocenters. The minimum Gasteiger partial charge on any atom is -0.388 e. The van der Waals surface area contributed by atoms with Gasteiger partial charge in [0, 0.05) is 6.54 Å². The third kappa shape index (κ3) is 3.26. The number of nitrogens with zero attached hydrogens (tertiary/aromatic N) is 3. The molecule has 1 heterocycles. The lowest BCUT2D eigenvalue weighted by Crippen LogP contribution is -2.04. The van der Waals surface area contributed by atoms with Gasteiger partial charge in [0.25, 0.3) is 0 Å². The van der Waals surface area contributed by atoms with Gasteiger partial charge in [0.05, 0.1) is 5.75 Å². The molecule has 0 amide bonds. The summed E-state index contributed by atoms with van der Waals surface area (Å²) in [6, 6.07) is 0. The highest BCUT2D eigenvalue weighted by Crippen LogP contribution is 2.16. The molecular weight excluding hydrogens is 210 g/mol. The molecule has 0 saturated heterocycles. The third-order valence-electron chi connectivity index (χ3n) is 1.83. The first-order valence-corrected chi connectivity index (χ1v) is 5.87. The molecule has 0 spiro atoms. The normalized spacial score (nSPS) is 9.80. The van der Waals surface area contributed by atoms with E-state index in [0.717, 1.165) is 18.1 Å². The Labute approximate surface area is 94.1 Å². The van der Waals surface area contributed by atoms with Crippen molar-refractivity contribution < 1.29 is 5.11 Å². The highest BCUT2D eigenvalue weighted by atomic mass is 32.2. The van der Waals surface area contributed by atoms with E-state index < -0.39 is 0 Å². The number of aliphatic hydroxyl groups excluding tert-OH is 1. The fraction of sp³-hybridized carbons (Fsp3) is 0.600. The van der Waals surface area contributed by atoms with Crippen molar-refractivity contribution in [2.75, 3.05) is 5.75 Å². The van der Waals surface area contributed by atoms with Crippen molar-refractivity contribution in [2.24, 2.45) is 0 Å². The summed E-state index contributed by atoms with van der Waals surface area (Å²) in [6.45, 7) is 4.68. The van der Waals surface area contributed by atoms with Gasteiger partial charge in [-0.1, -0.05) is 24.6 Å².